The van der Waals surface area contributed by atoms with Gasteiger partial charge in [-0.1, -0.05) is 43.0 Å². The first-order chi connectivity index (χ1) is 15.0. The third-order valence-electron chi connectivity index (χ3n) is 5.02. The molecular weight excluding hydrogens is 390 g/mol. The Kier molecular flexibility index (Phi) is 5.60. The third-order valence-corrected chi connectivity index (χ3v) is 5.02. The molecule has 0 radical (unpaired) electrons. The number of hydrogen-bond donors (Lipinski definition) is 1. The SMILES string of the molecule is C=C(c1ccc(-c2cnc(C)c(-c3nnc(-c4ccc(CO)cc4)o3)n2)cc1)N(C)C. The van der Waals surface area contributed by atoms with Gasteiger partial charge in [-0.3, -0.25) is 4.98 Å². The Bertz CT molecular complexity index is 1210. The van der Waals surface area contributed by atoms with Crippen LogP contribution in [0.4, 0.5) is 0 Å². The van der Waals surface area contributed by atoms with Crippen LogP contribution in [-0.2, 0) is 6.61 Å². The van der Waals surface area contributed by atoms with Gasteiger partial charge in [0, 0.05) is 30.9 Å². The lowest BCUT2D eigenvalue weighted by Gasteiger charge is -2.16. The highest BCUT2D eigenvalue weighted by Crippen LogP contribution is 2.27. The van der Waals surface area contributed by atoms with Crippen molar-refractivity contribution in [3.8, 4) is 34.3 Å². The Labute approximate surface area is 180 Å². The zero-order chi connectivity index (χ0) is 22.0. The Morgan fingerprint density at radius 1 is 0.968 bits per heavy atom. The van der Waals surface area contributed by atoms with E-state index in [-0.39, 0.29) is 6.61 Å². The van der Waals surface area contributed by atoms with Gasteiger partial charge in [0.2, 0.25) is 5.89 Å². The number of aromatic nitrogens is 4. The summed E-state index contributed by atoms with van der Waals surface area (Å²) in [6, 6.07) is 15.3. The Morgan fingerprint density at radius 2 is 1.61 bits per heavy atom. The van der Waals surface area contributed by atoms with Gasteiger partial charge in [0.25, 0.3) is 5.89 Å². The summed E-state index contributed by atoms with van der Waals surface area (Å²) in [4.78, 5) is 11.2. The minimum atomic E-state index is -0.0127. The molecule has 4 rings (SSSR count). The van der Waals surface area contributed by atoms with Crippen LogP contribution in [0.5, 0.6) is 0 Å². The van der Waals surface area contributed by atoms with Crippen LogP contribution in [0.25, 0.3) is 40.0 Å². The van der Waals surface area contributed by atoms with Crippen LogP contribution in [0.3, 0.4) is 0 Å². The van der Waals surface area contributed by atoms with Crippen molar-refractivity contribution in [1.82, 2.24) is 25.1 Å². The van der Waals surface area contributed by atoms with Gasteiger partial charge in [0.15, 0.2) is 0 Å². The highest BCUT2D eigenvalue weighted by Gasteiger charge is 2.16. The fourth-order valence-electron chi connectivity index (χ4n) is 3.07. The second kappa shape index (κ2) is 8.49. The molecule has 2 aromatic carbocycles. The number of hydrogen-bond acceptors (Lipinski definition) is 7. The van der Waals surface area contributed by atoms with E-state index < -0.39 is 0 Å². The van der Waals surface area contributed by atoms with Crippen molar-refractivity contribution in [2.75, 3.05) is 14.1 Å². The topological polar surface area (TPSA) is 88.2 Å². The average Bonchev–Trinajstić information content (AvgIpc) is 3.29. The van der Waals surface area contributed by atoms with Gasteiger partial charge >= 0.3 is 0 Å². The summed E-state index contributed by atoms with van der Waals surface area (Å²) in [5, 5.41) is 17.5. The summed E-state index contributed by atoms with van der Waals surface area (Å²) in [7, 11) is 3.93. The Hall–Kier alpha value is -3.84. The molecule has 0 aliphatic heterocycles. The molecular formula is C24H23N5O2. The van der Waals surface area contributed by atoms with Gasteiger partial charge in [-0.05, 0) is 30.2 Å². The molecule has 1 N–H and O–H groups in total. The van der Waals surface area contributed by atoms with Crippen LogP contribution >= 0.6 is 0 Å². The summed E-state index contributed by atoms with van der Waals surface area (Å²) >= 11 is 0. The van der Waals surface area contributed by atoms with E-state index in [1.54, 1.807) is 6.20 Å². The standard InChI is InChI=1S/C24H23N5O2/c1-15-22(24-28-27-23(31-24)20-7-5-17(14-30)6-8-20)26-21(13-25-15)19-11-9-18(10-12-19)16(2)29(3)4/h5-13,30H,2,14H2,1,3-4H3. The zero-order valence-corrected chi connectivity index (χ0v) is 17.7. The second-order valence-electron chi connectivity index (χ2n) is 7.38. The van der Waals surface area contributed by atoms with Crippen molar-refractivity contribution in [3.63, 3.8) is 0 Å². The molecule has 0 saturated carbocycles. The molecule has 156 valence electrons. The largest absolute Gasteiger partial charge is 0.415 e. The van der Waals surface area contributed by atoms with Gasteiger partial charge in [0.1, 0.15) is 5.69 Å². The molecule has 0 saturated heterocycles. The Morgan fingerprint density at radius 3 is 2.26 bits per heavy atom. The van der Waals surface area contributed by atoms with Gasteiger partial charge in [0.05, 0.1) is 24.2 Å². The third kappa shape index (κ3) is 4.22. The number of benzene rings is 2. The van der Waals surface area contributed by atoms with E-state index in [1.807, 2.05) is 74.4 Å². The van der Waals surface area contributed by atoms with Crippen LogP contribution < -0.4 is 0 Å². The molecule has 2 aromatic heterocycles. The van der Waals surface area contributed by atoms with Crippen LogP contribution in [0.1, 0.15) is 16.8 Å². The molecule has 0 aliphatic carbocycles. The van der Waals surface area contributed by atoms with Crippen LogP contribution in [0.2, 0.25) is 0 Å². The number of aryl methyl sites for hydroxylation is 1. The number of nitrogens with zero attached hydrogens (tertiary/aromatic N) is 5. The van der Waals surface area contributed by atoms with E-state index in [4.69, 9.17) is 9.40 Å². The molecule has 0 aliphatic rings. The second-order valence-corrected chi connectivity index (χ2v) is 7.38. The Balaban J connectivity index is 1.64. The lowest BCUT2D eigenvalue weighted by Crippen LogP contribution is -2.08. The van der Waals surface area contributed by atoms with Gasteiger partial charge in [-0.2, -0.15) is 0 Å². The number of aliphatic hydroxyl groups is 1. The van der Waals surface area contributed by atoms with E-state index in [0.717, 1.165) is 33.6 Å². The zero-order valence-electron chi connectivity index (χ0n) is 17.7. The van der Waals surface area contributed by atoms with E-state index in [1.165, 1.54) is 0 Å². The first kappa shape index (κ1) is 20.4. The number of aliphatic hydroxyl groups excluding tert-OH is 1. The lowest BCUT2D eigenvalue weighted by atomic mass is 10.1. The maximum atomic E-state index is 9.20. The molecule has 2 heterocycles. The van der Waals surface area contributed by atoms with Crippen LogP contribution in [0, 0.1) is 6.92 Å². The lowest BCUT2D eigenvalue weighted by molar-refractivity contribution is 0.282. The molecule has 31 heavy (non-hydrogen) atoms. The summed E-state index contributed by atoms with van der Waals surface area (Å²) in [5.41, 5.74) is 6.47. The highest BCUT2D eigenvalue weighted by atomic mass is 16.4. The summed E-state index contributed by atoms with van der Waals surface area (Å²) in [6.45, 7) is 5.93. The monoisotopic (exact) mass is 413 g/mol. The highest BCUT2D eigenvalue weighted by molar-refractivity contribution is 5.68. The molecule has 4 aromatic rings. The average molecular weight is 413 g/mol. The van der Waals surface area contributed by atoms with Crippen molar-refractivity contribution < 1.29 is 9.52 Å². The maximum Gasteiger partial charge on any atom is 0.268 e. The van der Waals surface area contributed by atoms with Crippen molar-refractivity contribution in [3.05, 3.63) is 78.1 Å². The van der Waals surface area contributed by atoms with E-state index in [9.17, 15) is 5.11 Å². The van der Waals surface area contributed by atoms with E-state index >= 15 is 0 Å². The normalized spacial score (nSPS) is 10.8. The fourth-order valence-corrected chi connectivity index (χ4v) is 3.07. The smallest absolute Gasteiger partial charge is 0.268 e. The minimum absolute atomic E-state index is 0.0127. The van der Waals surface area contributed by atoms with Gasteiger partial charge in [-0.15, -0.1) is 10.2 Å². The fraction of sp³-hybridized carbons (Fsp3) is 0.167. The molecule has 0 unspecified atom stereocenters. The molecule has 7 nitrogen and oxygen atoms in total. The minimum Gasteiger partial charge on any atom is -0.415 e. The maximum absolute atomic E-state index is 9.20. The molecule has 0 bridgehead atoms. The molecule has 0 spiro atoms. The van der Waals surface area contributed by atoms with E-state index in [2.05, 4.69) is 21.8 Å². The van der Waals surface area contributed by atoms with Crippen molar-refractivity contribution >= 4 is 5.70 Å². The predicted octanol–water partition coefficient (Wildman–Crippen LogP) is 4.19. The van der Waals surface area contributed by atoms with E-state index in [0.29, 0.717) is 23.2 Å². The summed E-state index contributed by atoms with van der Waals surface area (Å²) in [5.74, 6) is 0.698. The summed E-state index contributed by atoms with van der Waals surface area (Å²) < 4.78 is 5.87. The summed E-state index contributed by atoms with van der Waals surface area (Å²) in [6.07, 6.45) is 1.74. The van der Waals surface area contributed by atoms with Crippen LogP contribution in [0.15, 0.2) is 65.7 Å². The molecule has 0 atom stereocenters. The van der Waals surface area contributed by atoms with Crippen molar-refractivity contribution in [2.45, 2.75) is 13.5 Å². The van der Waals surface area contributed by atoms with Gasteiger partial charge < -0.3 is 14.4 Å². The predicted molar refractivity (Wildman–Crippen MR) is 120 cm³/mol. The first-order valence-corrected chi connectivity index (χ1v) is 9.81. The number of rotatable bonds is 6. The molecule has 0 fully saturated rings. The van der Waals surface area contributed by atoms with Crippen LogP contribution in [-0.4, -0.2) is 44.3 Å². The first-order valence-electron chi connectivity index (χ1n) is 9.81. The van der Waals surface area contributed by atoms with Crippen molar-refractivity contribution in [1.29, 1.82) is 0 Å². The van der Waals surface area contributed by atoms with Crippen molar-refractivity contribution in [2.24, 2.45) is 0 Å². The molecule has 0 amide bonds. The quantitative estimate of drug-likeness (QED) is 0.507. The van der Waals surface area contributed by atoms with Gasteiger partial charge in [-0.25, -0.2) is 4.98 Å². The molecule has 7 heteroatoms.